The zero-order valence-corrected chi connectivity index (χ0v) is 6.46. The molecule has 0 aliphatic heterocycles. The van der Waals surface area contributed by atoms with Gasteiger partial charge in [0, 0.05) is 19.2 Å². The lowest BCUT2D eigenvalue weighted by Gasteiger charge is -1.89. The minimum absolute atomic E-state index is 0.677. The Morgan fingerprint density at radius 3 is 2.80 bits per heavy atom. The van der Waals surface area contributed by atoms with Crippen molar-refractivity contribution in [3.63, 3.8) is 0 Å². The molecule has 3 nitrogen and oxygen atoms in total. The SMILES string of the molecule is Cc1cc(CCN)nn1C. The third-order valence-corrected chi connectivity index (χ3v) is 1.56. The maximum absolute atomic E-state index is 5.37. The molecule has 56 valence electrons. The van der Waals surface area contributed by atoms with Crippen molar-refractivity contribution in [1.82, 2.24) is 9.78 Å². The molecule has 0 spiro atoms. The number of rotatable bonds is 2. The normalized spacial score (nSPS) is 10.3. The van der Waals surface area contributed by atoms with Crippen molar-refractivity contribution in [2.24, 2.45) is 12.8 Å². The highest BCUT2D eigenvalue weighted by Crippen LogP contribution is 2.00. The summed E-state index contributed by atoms with van der Waals surface area (Å²) in [5.41, 5.74) is 7.64. The minimum Gasteiger partial charge on any atom is -0.330 e. The maximum Gasteiger partial charge on any atom is 0.0639 e. The van der Waals surface area contributed by atoms with E-state index in [2.05, 4.69) is 11.2 Å². The van der Waals surface area contributed by atoms with Gasteiger partial charge < -0.3 is 5.73 Å². The van der Waals surface area contributed by atoms with E-state index in [1.807, 2.05) is 18.7 Å². The van der Waals surface area contributed by atoms with Gasteiger partial charge in [0.25, 0.3) is 0 Å². The molecule has 0 saturated carbocycles. The molecule has 0 bridgehead atoms. The third-order valence-electron chi connectivity index (χ3n) is 1.56. The Labute approximate surface area is 60.8 Å². The topological polar surface area (TPSA) is 43.8 Å². The first kappa shape index (κ1) is 7.28. The van der Waals surface area contributed by atoms with Crippen molar-refractivity contribution in [1.29, 1.82) is 0 Å². The zero-order valence-electron chi connectivity index (χ0n) is 6.46. The Balaban J connectivity index is 2.77. The van der Waals surface area contributed by atoms with Crippen LogP contribution < -0.4 is 5.73 Å². The van der Waals surface area contributed by atoms with Crippen LogP contribution in [0.3, 0.4) is 0 Å². The molecule has 0 aliphatic rings. The molecule has 1 aromatic rings. The second-order valence-electron chi connectivity index (χ2n) is 2.44. The summed E-state index contributed by atoms with van der Waals surface area (Å²) in [7, 11) is 1.94. The van der Waals surface area contributed by atoms with Crippen LogP contribution in [-0.4, -0.2) is 16.3 Å². The van der Waals surface area contributed by atoms with E-state index in [1.54, 1.807) is 0 Å². The Bertz CT molecular complexity index is 195. The van der Waals surface area contributed by atoms with E-state index in [0.717, 1.165) is 12.1 Å². The molecule has 0 radical (unpaired) electrons. The molecule has 1 rings (SSSR count). The standard InChI is InChI=1S/C7H13N3/c1-6-5-7(3-4-8)9-10(6)2/h5H,3-4,8H2,1-2H3. The van der Waals surface area contributed by atoms with Crippen LogP contribution in [0.25, 0.3) is 0 Å². The van der Waals surface area contributed by atoms with E-state index in [4.69, 9.17) is 5.73 Å². The summed E-state index contributed by atoms with van der Waals surface area (Å²) >= 11 is 0. The molecular formula is C7H13N3. The van der Waals surface area contributed by atoms with Crippen molar-refractivity contribution in [2.75, 3.05) is 6.54 Å². The molecule has 1 aromatic heterocycles. The fraction of sp³-hybridized carbons (Fsp3) is 0.571. The number of hydrogen-bond donors (Lipinski definition) is 1. The van der Waals surface area contributed by atoms with Gasteiger partial charge in [0.15, 0.2) is 0 Å². The summed E-state index contributed by atoms with van der Waals surface area (Å²) in [5, 5.41) is 4.24. The van der Waals surface area contributed by atoms with Gasteiger partial charge in [-0.3, -0.25) is 4.68 Å². The molecule has 0 atom stereocenters. The molecule has 1 heterocycles. The van der Waals surface area contributed by atoms with Gasteiger partial charge in [0.2, 0.25) is 0 Å². The van der Waals surface area contributed by atoms with Crippen LogP contribution in [0.15, 0.2) is 6.07 Å². The highest BCUT2D eigenvalue weighted by atomic mass is 15.3. The number of aryl methyl sites for hydroxylation is 2. The molecule has 10 heavy (non-hydrogen) atoms. The van der Waals surface area contributed by atoms with Crippen molar-refractivity contribution < 1.29 is 0 Å². The summed E-state index contributed by atoms with van der Waals surface area (Å²) < 4.78 is 1.87. The van der Waals surface area contributed by atoms with Gasteiger partial charge in [-0.1, -0.05) is 0 Å². The van der Waals surface area contributed by atoms with E-state index in [-0.39, 0.29) is 0 Å². The third kappa shape index (κ3) is 1.36. The molecule has 0 saturated heterocycles. The first-order valence-corrected chi connectivity index (χ1v) is 3.43. The van der Waals surface area contributed by atoms with Crippen LogP contribution in [0.4, 0.5) is 0 Å². The van der Waals surface area contributed by atoms with Gasteiger partial charge >= 0.3 is 0 Å². The lowest BCUT2D eigenvalue weighted by atomic mass is 10.3. The van der Waals surface area contributed by atoms with Crippen LogP contribution in [0.1, 0.15) is 11.4 Å². The largest absolute Gasteiger partial charge is 0.330 e. The van der Waals surface area contributed by atoms with E-state index in [0.29, 0.717) is 6.54 Å². The first-order chi connectivity index (χ1) is 4.74. The molecule has 0 amide bonds. The van der Waals surface area contributed by atoms with Crippen LogP contribution >= 0.6 is 0 Å². The van der Waals surface area contributed by atoms with Crippen LogP contribution in [0.2, 0.25) is 0 Å². The summed E-state index contributed by atoms with van der Waals surface area (Å²) in [6.07, 6.45) is 0.877. The highest BCUT2D eigenvalue weighted by molar-refractivity contribution is 5.08. The molecule has 2 N–H and O–H groups in total. The Morgan fingerprint density at radius 2 is 2.40 bits per heavy atom. The summed E-state index contributed by atoms with van der Waals surface area (Å²) in [6.45, 7) is 2.71. The Kier molecular flexibility index (Phi) is 2.06. The van der Waals surface area contributed by atoms with E-state index in [9.17, 15) is 0 Å². The fourth-order valence-corrected chi connectivity index (χ4v) is 0.905. The summed E-state index contributed by atoms with van der Waals surface area (Å²) in [5.74, 6) is 0. The fourth-order valence-electron chi connectivity index (χ4n) is 0.905. The quantitative estimate of drug-likeness (QED) is 0.637. The summed E-state index contributed by atoms with van der Waals surface area (Å²) in [4.78, 5) is 0. The average molecular weight is 139 g/mol. The Hall–Kier alpha value is -0.830. The van der Waals surface area contributed by atoms with Crippen molar-refractivity contribution in [3.05, 3.63) is 17.5 Å². The molecule has 0 unspecified atom stereocenters. The predicted molar refractivity (Wildman–Crippen MR) is 40.7 cm³/mol. The van der Waals surface area contributed by atoms with Crippen LogP contribution in [0.5, 0.6) is 0 Å². The highest BCUT2D eigenvalue weighted by Gasteiger charge is 1.97. The Morgan fingerprint density at radius 1 is 1.70 bits per heavy atom. The van der Waals surface area contributed by atoms with Crippen LogP contribution in [-0.2, 0) is 13.5 Å². The van der Waals surface area contributed by atoms with Crippen molar-refractivity contribution in [2.45, 2.75) is 13.3 Å². The molecule has 0 fully saturated rings. The van der Waals surface area contributed by atoms with Gasteiger partial charge in [-0.15, -0.1) is 0 Å². The van der Waals surface area contributed by atoms with E-state index in [1.165, 1.54) is 5.69 Å². The molecule has 0 aliphatic carbocycles. The maximum atomic E-state index is 5.37. The predicted octanol–water partition coefficient (Wildman–Crippen LogP) is 0.230. The number of aromatic nitrogens is 2. The minimum atomic E-state index is 0.677. The molecule has 3 heteroatoms. The van der Waals surface area contributed by atoms with Gasteiger partial charge in [-0.2, -0.15) is 5.10 Å². The molecular weight excluding hydrogens is 126 g/mol. The molecule has 0 aromatic carbocycles. The second kappa shape index (κ2) is 2.84. The second-order valence-corrected chi connectivity index (χ2v) is 2.44. The van der Waals surface area contributed by atoms with Gasteiger partial charge in [-0.25, -0.2) is 0 Å². The lowest BCUT2D eigenvalue weighted by Crippen LogP contribution is -2.03. The average Bonchev–Trinajstić information content (AvgIpc) is 2.14. The van der Waals surface area contributed by atoms with Gasteiger partial charge in [0.05, 0.1) is 5.69 Å². The van der Waals surface area contributed by atoms with Crippen LogP contribution in [0, 0.1) is 6.92 Å². The zero-order chi connectivity index (χ0) is 7.56. The number of nitrogens with zero attached hydrogens (tertiary/aromatic N) is 2. The summed E-state index contributed by atoms with van der Waals surface area (Å²) in [6, 6.07) is 2.06. The van der Waals surface area contributed by atoms with E-state index >= 15 is 0 Å². The number of nitrogens with two attached hydrogens (primary N) is 1. The monoisotopic (exact) mass is 139 g/mol. The number of hydrogen-bond acceptors (Lipinski definition) is 2. The van der Waals surface area contributed by atoms with Gasteiger partial charge in [-0.05, 0) is 19.5 Å². The lowest BCUT2D eigenvalue weighted by molar-refractivity contribution is 0.718. The van der Waals surface area contributed by atoms with Crippen molar-refractivity contribution in [3.8, 4) is 0 Å². The smallest absolute Gasteiger partial charge is 0.0639 e. The van der Waals surface area contributed by atoms with Gasteiger partial charge in [0.1, 0.15) is 0 Å². The van der Waals surface area contributed by atoms with Crippen molar-refractivity contribution >= 4 is 0 Å². The van der Waals surface area contributed by atoms with E-state index < -0.39 is 0 Å². The first-order valence-electron chi connectivity index (χ1n) is 3.43.